The van der Waals surface area contributed by atoms with Gasteiger partial charge in [-0.05, 0) is 25.0 Å². The van der Waals surface area contributed by atoms with Crippen LogP contribution >= 0.6 is 0 Å². The number of benzene rings is 1. The molecule has 1 aliphatic rings. The Kier molecular flexibility index (Phi) is 3.94. The topological polar surface area (TPSA) is 95.9 Å². The van der Waals surface area contributed by atoms with E-state index in [-0.39, 0.29) is 25.0 Å². The van der Waals surface area contributed by atoms with E-state index in [1.54, 1.807) is 0 Å². The highest BCUT2D eigenvalue weighted by molar-refractivity contribution is 5.82. The summed E-state index contributed by atoms with van der Waals surface area (Å²) in [7, 11) is 0. The molecule has 1 aliphatic heterocycles. The van der Waals surface area contributed by atoms with Gasteiger partial charge in [0.2, 0.25) is 5.91 Å². The van der Waals surface area contributed by atoms with Crippen molar-refractivity contribution >= 4 is 11.9 Å². The minimum absolute atomic E-state index is 0.248. The smallest absolute Gasteiger partial charge is 0.337 e. The van der Waals surface area contributed by atoms with E-state index in [9.17, 15) is 14.7 Å². The Balaban J connectivity index is 1.94. The zero-order valence-corrected chi connectivity index (χ0v) is 11.1. The van der Waals surface area contributed by atoms with Gasteiger partial charge in [0.25, 0.3) is 0 Å². The number of hydrogen-bond donors (Lipinski definition) is 3. The summed E-state index contributed by atoms with van der Waals surface area (Å²) in [6.45, 7) is 1.06. The van der Waals surface area contributed by atoms with Gasteiger partial charge in [-0.3, -0.25) is 4.79 Å². The lowest BCUT2D eigenvalue weighted by Gasteiger charge is -2.26. The zero-order chi connectivity index (χ0) is 14.8. The fourth-order valence-corrected chi connectivity index (χ4v) is 1.98. The van der Waals surface area contributed by atoms with E-state index in [0.717, 1.165) is 18.2 Å². The van der Waals surface area contributed by atoms with Gasteiger partial charge in [0, 0.05) is 0 Å². The number of carbonyl (C=O) groups excluding carboxylic acids is 1. The van der Waals surface area contributed by atoms with Crippen LogP contribution in [0.3, 0.4) is 0 Å². The SMILES string of the molecule is CC(O)(CNC(=O)C1COc2ccccc2C1)C(=O)O. The first-order valence-corrected chi connectivity index (χ1v) is 6.34. The molecule has 0 radical (unpaired) electrons. The van der Waals surface area contributed by atoms with Crippen LogP contribution in [0.15, 0.2) is 24.3 Å². The Morgan fingerprint density at radius 3 is 2.85 bits per heavy atom. The zero-order valence-electron chi connectivity index (χ0n) is 11.1. The summed E-state index contributed by atoms with van der Waals surface area (Å²) in [5, 5.41) is 20.8. The predicted molar refractivity (Wildman–Crippen MR) is 70.4 cm³/mol. The highest BCUT2D eigenvalue weighted by Crippen LogP contribution is 2.26. The molecule has 0 saturated carbocycles. The first-order chi connectivity index (χ1) is 9.40. The van der Waals surface area contributed by atoms with Crippen LogP contribution in [0.1, 0.15) is 12.5 Å². The highest BCUT2D eigenvalue weighted by Gasteiger charge is 2.32. The number of para-hydroxylation sites is 1. The van der Waals surface area contributed by atoms with E-state index in [4.69, 9.17) is 9.84 Å². The van der Waals surface area contributed by atoms with E-state index in [0.29, 0.717) is 6.42 Å². The number of carbonyl (C=O) groups is 2. The second-order valence-electron chi connectivity index (χ2n) is 5.12. The normalized spacial score (nSPS) is 20.2. The summed E-state index contributed by atoms with van der Waals surface area (Å²) in [6, 6.07) is 7.47. The Morgan fingerprint density at radius 1 is 1.45 bits per heavy atom. The average molecular weight is 279 g/mol. The first kappa shape index (κ1) is 14.3. The minimum atomic E-state index is -1.97. The summed E-state index contributed by atoms with van der Waals surface area (Å²) in [6.07, 6.45) is 0.539. The molecule has 1 amide bonds. The van der Waals surface area contributed by atoms with E-state index in [1.165, 1.54) is 0 Å². The lowest BCUT2D eigenvalue weighted by molar-refractivity contribution is -0.156. The number of carboxylic acid groups (broad SMARTS) is 1. The van der Waals surface area contributed by atoms with Crippen LogP contribution < -0.4 is 10.1 Å². The maximum absolute atomic E-state index is 12.0. The summed E-state index contributed by atoms with van der Waals surface area (Å²) in [4.78, 5) is 22.7. The maximum atomic E-state index is 12.0. The van der Waals surface area contributed by atoms with Crippen LogP contribution in [0, 0.1) is 5.92 Å². The number of carboxylic acids is 1. The molecule has 0 fully saturated rings. The monoisotopic (exact) mass is 279 g/mol. The van der Waals surface area contributed by atoms with Gasteiger partial charge in [0.05, 0.1) is 12.5 Å². The third kappa shape index (κ3) is 3.08. The number of nitrogens with one attached hydrogen (secondary N) is 1. The highest BCUT2D eigenvalue weighted by atomic mass is 16.5. The lowest BCUT2D eigenvalue weighted by atomic mass is 9.95. The van der Waals surface area contributed by atoms with Gasteiger partial charge in [-0.2, -0.15) is 0 Å². The first-order valence-electron chi connectivity index (χ1n) is 6.34. The van der Waals surface area contributed by atoms with Crippen molar-refractivity contribution in [3.63, 3.8) is 0 Å². The van der Waals surface area contributed by atoms with E-state index in [1.807, 2.05) is 24.3 Å². The Morgan fingerprint density at radius 2 is 2.15 bits per heavy atom. The second-order valence-corrected chi connectivity index (χ2v) is 5.12. The second kappa shape index (κ2) is 5.50. The fourth-order valence-electron chi connectivity index (χ4n) is 1.98. The minimum Gasteiger partial charge on any atom is -0.492 e. The molecular formula is C14H17NO5. The average Bonchev–Trinajstić information content (AvgIpc) is 2.44. The van der Waals surface area contributed by atoms with Crippen LogP contribution in [0.4, 0.5) is 0 Å². The Hall–Kier alpha value is -2.08. The molecule has 0 bridgehead atoms. The molecule has 0 spiro atoms. The number of rotatable bonds is 4. The third-order valence-electron chi connectivity index (χ3n) is 3.32. The van der Waals surface area contributed by atoms with Crippen LogP contribution in [-0.2, 0) is 16.0 Å². The van der Waals surface area contributed by atoms with Gasteiger partial charge in [0.1, 0.15) is 12.4 Å². The molecule has 1 heterocycles. The molecule has 6 heteroatoms. The number of hydrogen-bond acceptors (Lipinski definition) is 4. The van der Waals surface area contributed by atoms with E-state index < -0.39 is 11.6 Å². The molecule has 108 valence electrons. The van der Waals surface area contributed by atoms with E-state index >= 15 is 0 Å². The summed E-state index contributed by atoms with van der Waals surface area (Å²) in [5.41, 5.74) is -1.02. The van der Waals surface area contributed by atoms with Gasteiger partial charge >= 0.3 is 5.97 Å². The van der Waals surface area contributed by atoms with Crippen LogP contribution in [0.2, 0.25) is 0 Å². The number of aliphatic carboxylic acids is 1. The number of fused-ring (bicyclic) bond motifs is 1. The molecule has 20 heavy (non-hydrogen) atoms. The van der Waals surface area contributed by atoms with Crippen LogP contribution in [-0.4, -0.2) is 40.8 Å². The summed E-state index contributed by atoms with van der Waals surface area (Å²) < 4.78 is 5.50. The molecule has 2 rings (SSSR count). The molecule has 1 aromatic carbocycles. The Labute approximate surface area is 116 Å². The van der Waals surface area contributed by atoms with Crippen molar-refractivity contribution in [3.05, 3.63) is 29.8 Å². The lowest BCUT2D eigenvalue weighted by Crippen LogP contribution is -2.49. The maximum Gasteiger partial charge on any atom is 0.337 e. The van der Waals surface area contributed by atoms with Crippen molar-refractivity contribution < 1.29 is 24.5 Å². The molecular weight excluding hydrogens is 262 g/mol. The van der Waals surface area contributed by atoms with Gasteiger partial charge in [-0.25, -0.2) is 4.79 Å². The summed E-state index contributed by atoms with van der Waals surface area (Å²) in [5.74, 6) is -1.30. The van der Waals surface area contributed by atoms with Gasteiger partial charge < -0.3 is 20.3 Å². The largest absolute Gasteiger partial charge is 0.492 e. The van der Waals surface area contributed by atoms with Crippen molar-refractivity contribution in [2.24, 2.45) is 5.92 Å². The predicted octanol–water partition coefficient (Wildman–Crippen LogP) is 0.189. The van der Waals surface area contributed by atoms with Crippen molar-refractivity contribution in [2.75, 3.05) is 13.2 Å². The molecule has 0 aromatic heterocycles. The molecule has 3 N–H and O–H groups in total. The molecule has 2 atom stereocenters. The van der Waals surface area contributed by atoms with Gasteiger partial charge in [-0.15, -0.1) is 0 Å². The van der Waals surface area contributed by atoms with E-state index in [2.05, 4.69) is 5.32 Å². The molecule has 0 aliphatic carbocycles. The molecule has 1 aromatic rings. The quantitative estimate of drug-likeness (QED) is 0.731. The number of aliphatic hydroxyl groups is 1. The molecule has 6 nitrogen and oxygen atoms in total. The molecule has 2 unspecified atom stereocenters. The fraction of sp³-hybridized carbons (Fsp3) is 0.429. The standard InChI is InChI=1S/C14H17NO5/c1-14(19,13(17)18)8-15-12(16)10-6-9-4-2-3-5-11(9)20-7-10/h2-5,10,19H,6-8H2,1H3,(H,15,16)(H,17,18). The summed E-state index contributed by atoms with van der Waals surface area (Å²) >= 11 is 0. The number of amides is 1. The number of ether oxygens (including phenoxy) is 1. The van der Waals surface area contributed by atoms with Crippen molar-refractivity contribution in [3.8, 4) is 5.75 Å². The van der Waals surface area contributed by atoms with Crippen LogP contribution in [0.5, 0.6) is 5.75 Å². The third-order valence-corrected chi connectivity index (χ3v) is 3.32. The Bertz CT molecular complexity index is 526. The van der Waals surface area contributed by atoms with Crippen molar-refractivity contribution in [2.45, 2.75) is 18.9 Å². The van der Waals surface area contributed by atoms with Crippen LogP contribution in [0.25, 0.3) is 0 Å². The van der Waals surface area contributed by atoms with Crippen molar-refractivity contribution in [1.29, 1.82) is 0 Å². The van der Waals surface area contributed by atoms with Gasteiger partial charge in [0.15, 0.2) is 5.60 Å². The van der Waals surface area contributed by atoms with Gasteiger partial charge in [-0.1, -0.05) is 18.2 Å². The molecule has 0 saturated heterocycles. The van der Waals surface area contributed by atoms with Crippen molar-refractivity contribution in [1.82, 2.24) is 5.32 Å².